The summed E-state index contributed by atoms with van der Waals surface area (Å²) in [6.07, 6.45) is 0. The molecule has 0 aliphatic rings. The molecule has 0 spiro atoms. The Morgan fingerprint density at radius 3 is 0.981 bits per heavy atom. The van der Waals surface area contributed by atoms with Crippen LogP contribution in [0.1, 0.15) is 31.5 Å². The Morgan fingerprint density at radius 2 is 0.574 bits per heavy atom. The second-order valence-electron chi connectivity index (χ2n) is 12.6. The van der Waals surface area contributed by atoms with Crippen LogP contribution in [0.15, 0.2) is 206 Å². The summed E-state index contributed by atoms with van der Waals surface area (Å²) in [4.78, 5) is 0. The summed E-state index contributed by atoms with van der Waals surface area (Å²) in [5.41, 5.74) is -1.29. The van der Waals surface area contributed by atoms with Gasteiger partial charge < -0.3 is 0 Å². The van der Waals surface area contributed by atoms with E-state index in [1.807, 2.05) is 0 Å². The molecule has 0 atom stereocenters. The Morgan fingerprint density at radius 1 is 0.259 bits per heavy atom. The molecule has 11 rings (SSSR count). The van der Waals surface area contributed by atoms with Crippen LogP contribution < -0.4 is 0 Å². The van der Waals surface area contributed by atoms with Gasteiger partial charge in [0.05, 0.1) is 31.5 Å². The van der Waals surface area contributed by atoms with E-state index in [1.54, 1.807) is 60.7 Å². The maximum atomic E-state index is 10.2. The monoisotopic (exact) mass is 705 g/mol. The zero-order chi connectivity index (χ0) is 55.6. The summed E-state index contributed by atoms with van der Waals surface area (Å²) in [5, 5.41) is -4.11. The van der Waals surface area contributed by atoms with Crippen molar-refractivity contribution in [3.8, 4) is 44.5 Å². The zero-order valence-electron chi connectivity index (χ0n) is 50.9. The predicted molar refractivity (Wildman–Crippen MR) is 233 cm³/mol. The molecule has 0 saturated carbocycles. The Balaban J connectivity index is 1.43. The lowest BCUT2D eigenvalue weighted by Gasteiger charge is -2.19. The lowest BCUT2D eigenvalue weighted by Crippen LogP contribution is -1.91. The van der Waals surface area contributed by atoms with Gasteiger partial charge in [0.25, 0.3) is 0 Å². The molecule has 0 bridgehead atoms. The summed E-state index contributed by atoms with van der Waals surface area (Å²) in [6.45, 7) is 0. The van der Waals surface area contributed by atoms with Crippen molar-refractivity contribution in [3.63, 3.8) is 0 Å². The van der Waals surface area contributed by atoms with E-state index >= 15 is 0 Å². The molecule has 0 radical (unpaired) electrons. The highest BCUT2D eigenvalue weighted by molar-refractivity contribution is 6.24. The van der Waals surface area contributed by atoms with E-state index in [1.165, 1.54) is 0 Å². The molecule has 0 aromatic heterocycles. The Labute approximate surface area is 346 Å². The maximum absolute atomic E-state index is 10.2. The quantitative estimate of drug-likeness (QED) is 0.126. The van der Waals surface area contributed by atoms with Crippen molar-refractivity contribution in [1.82, 2.24) is 0 Å². The molecule has 250 valence electrons. The number of hydrogen-bond acceptors (Lipinski definition) is 0. The van der Waals surface area contributed by atoms with Gasteiger partial charge in [-0.05, 0) is 121 Å². The molecule has 0 amide bonds. The highest BCUT2D eigenvalue weighted by atomic mass is 14.2. The molecule has 0 fully saturated rings. The van der Waals surface area contributed by atoms with Crippen LogP contribution in [0.2, 0.25) is 0 Å². The van der Waals surface area contributed by atoms with Gasteiger partial charge in [0.2, 0.25) is 0 Å². The smallest absolute Gasteiger partial charge is 0.0622 e. The third-order valence-corrected chi connectivity index (χ3v) is 9.67. The molecule has 0 N–H and O–H groups in total. The van der Waals surface area contributed by atoms with Crippen LogP contribution in [-0.2, 0) is 0 Å². The summed E-state index contributed by atoms with van der Waals surface area (Å²) >= 11 is 0. The average molecular weight is 706 g/mol. The third kappa shape index (κ3) is 4.71. The zero-order valence-corrected chi connectivity index (χ0v) is 27.9. The molecular weight excluding hydrogens is 649 g/mol. The highest BCUT2D eigenvalue weighted by Gasteiger charge is 2.19. The summed E-state index contributed by atoms with van der Waals surface area (Å²) < 4.78 is 213. The van der Waals surface area contributed by atoms with Crippen LogP contribution in [0.3, 0.4) is 0 Å². The molecule has 54 heavy (non-hydrogen) atoms. The van der Waals surface area contributed by atoms with Crippen LogP contribution in [0.25, 0.3) is 109 Å². The lowest BCUT2D eigenvalue weighted by atomic mass is 9.84. The molecule has 0 aliphatic heterocycles. The first kappa shape index (κ1) is 15.5. The summed E-state index contributed by atoms with van der Waals surface area (Å²) in [7, 11) is 0. The van der Waals surface area contributed by atoms with Crippen molar-refractivity contribution >= 4 is 64.6 Å². The average Bonchev–Trinajstić information content (AvgIpc) is 3.46. The van der Waals surface area contributed by atoms with Gasteiger partial charge >= 0.3 is 0 Å². The largest absolute Gasteiger partial charge is 0.0636 e. The number of benzene rings is 11. The van der Waals surface area contributed by atoms with Gasteiger partial charge in [0, 0.05) is 0 Å². The highest BCUT2D eigenvalue weighted by Crippen LogP contribution is 2.46. The van der Waals surface area contributed by atoms with E-state index in [-0.39, 0.29) is 60.0 Å². The molecule has 0 nitrogen and oxygen atoms in total. The molecule has 0 heteroatoms. The van der Waals surface area contributed by atoms with Crippen molar-refractivity contribution in [1.29, 1.82) is 0 Å². The Hall–Kier alpha value is -7.02. The van der Waals surface area contributed by atoms with E-state index < -0.39 is 183 Å². The fraction of sp³-hybridized carbons (Fsp3) is 0. The van der Waals surface area contributed by atoms with Gasteiger partial charge in [-0.25, -0.2) is 0 Å². The molecule has 0 saturated heterocycles. The Bertz CT molecular complexity index is 4410. The molecule has 0 aliphatic carbocycles. The topological polar surface area (TPSA) is 0 Å². The number of hydrogen-bond donors (Lipinski definition) is 0. The maximum Gasteiger partial charge on any atom is 0.0636 e. The second kappa shape index (κ2) is 12.3. The van der Waals surface area contributed by atoms with Gasteiger partial charge in [0.15, 0.2) is 0 Å². The second-order valence-corrected chi connectivity index (χ2v) is 12.6. The first-order chi connectivity index (χ1) is 36.4. The normalized spacial score (nSPS) is 17.7. The molecule has 0 unspecified atom stereocenters. The van der Waals surface area contributed by atoms with Gasteiger partial charge in [-0.15, -0.1) is 0 Å². The number of fused-ring (bicyclic) bond motifs is 7. The van der Waals surface area contributed by atoms with Crippen LogP contribution in [-0.4, -0.2) is 0 Å². The minimum atomic E-state index is -0.853. The van der Waals surface area contributed by atoms with Crippen molar-refractivity contribution in [3.05, 3.63) is 206 Å². The fourth-order valence-corrected chi connectivity index (χ4v) is 7.39. The Kier molecular flexibility index (Phi) is 3.54. The van der Waals surface area contributed by atoms with Crippen molar-refractivity contribution < 1.29 is 31.5 Å². The van der Waals surface area contributed by atoms with Crippen LogP contribution >= 0.6 is 0 Å². The van der Waals surface area contributed by atoms with E-state index in [9.17, 15) is 20.6 Å². The molecule has 11 aromatic carbocycles. The first-order valence-electron chi connectivity index (χ1n) is 28.4. The third-order valence-electron chi connectivity index (χ3n) is 9.67. The predicted octanol–water partition coefficient (Wildman–Crippen LogP) is 15.3. The van der Waals surface area contributed by atoms with Crippen LogP contribution in [0.5, 0.6) is 0 Å². The SMILES string of the molecule is [2H]c1c([2H])c([2H])c2c(-c3cc4c(c([2H])c3[2H])c([2H])c([2H])c3c([2H])c([2H])c(-c5c6c([2H])c([2H])c([2H])c([2H])c6c(-c6ccccc6)c6c([2H])c([2H])c([2H])c([2H])c56)c([2H])c34)c3c([2H])c([2H])c([2H])c([2H])c3c(-c3ccccc3)c2c1[2H]. The van der Waals surface area contributed by atoms with Crippen molar-refractivity contribution in [2.45, 2.75) is 0 Å². The van der Waals surface area contributed by atoms with Crippen molar-refractivity contribution in [2.24, 2.45) is 0 Å². The van der Waals surface area contributed by atoms with Crippen LogP contribution in [0, 0.1) is 0 Å². The van der Waals surface area contributed by atoms with E-state index in [0.717, 1.165) is 6.07 Å². The standard InChI is InChI=1S/C54H34/c1-3-15-37(16-4-1)51-41-19-7-11-23-45(41)53(46-24-12-8-20-42(46)51)39-31-29-35-27-28-36-30-32-40(34-50(36)49(35)33-39)54-47-25-13-9-21-43(47)52(38-17-5-2-6-18-38)44-22-10-14-26-48(44)54/h1-34H/i7D,8D,9D,10D,11D,12D,13D,14D,19D,20D,21D,22D,23D,24D,25D,26D,27D,28D,29D,30D,31D,32D,33D. The van der Waals surface area contributed by atoms with Gasteiger partial charge in [-0.3, -0.25) is 0 Å². The minimum Gasteiger partial charge on any atom is -0.0622 e. The molecular formula is C54H34. The van der Waals surface area contributed by atoms with Crippen LogP contribution in [0.4, 0.5) is 0 Å². The van der Waals surface area contributed by atoms with E-state index in [2.05, 4.69) is 0 Å². The first-order valence-corrected chi connectivity index (χ1v) is 16.9. The van der Waals surface area contributed by atoms with Gasteiger partial charge in [-0.1, -0.05) is 194 Å². The molecule has 11 aromatic rings. The molecule has 0 heterocycles. The number of rotatable bonds is 4. The lowest BCUT2D eigenvalue weighted by molar-refractivity contribution is 1.66. The van der Waals surface area contributed by atoms with Gasteiger partial charge in [-0.2, -0.15) is 0 Å². The summed E-state index contributed by atoms with van der Waals surface area (Å²) in [6, 6.07) is 0.576. The van der Waals surface area contributed by atoms with E-state index in [0.29, 0.717) is 5.56 Å². The summed E-state index contributed by atoms with van der Waals surface area (Å²) in [5.74, 6) is 0. The van der Waals surface area contributed by atoms with Crippen molar-refractivity contribution in [2.75, 3.05) is 0 Å². The minimum absolute atomic E-state index is 0.00287. The van der Waals surface area contributed by atoms with Gasteiger partial charge in [0.1, 0.15) is 0 Å². The van der Waals surface area contributed by atoms with E-state index in [4.69, 9.17) is 11.0 Å². The fourth-order valence-electron chi connectivity index (χ4n) is 7.39.